The number of thiocarbonyl (C=S) groups is 1. The number of nitrogens with one attached hydrogen (secondary N) is 1. The number of amides is 1. The van der Waals surface area contributed by atoms with E-state index < -0.39 is 0 Å². The van der Waals surface area contributed by atoms with E-state index >= 15 is 0 Å². The molecule has 0 saturated heterocycles. The quantitative estimate of drug-likeness (QED) is 0.758. The van der Waals surface area contributed by atoms with Crippen LogP contribution in [0, 0.1) is 0 Å². The molecule has 0 aliphatic heterocycles. The molecule has 5 heteroatoms. The summed E-state index contributed by atoms with van der Waals surface area (Å²) in [5, 5.41) is 2.87. The first-order valence-corrected chi connectivity index (χ1v) is 7.21. The van der Waals surface area contributed by atoms with Crippen molar-refractivity contribution >= 4 is 28.8 Å². The van der Waals surface area contributed by atoms with Gasteiger partial charge in [-0.05, 0) is 46.0 Å². The van der Waals surface area contributed by atoms with Crippen LogP contribution in [0.3, 0.4) is 0 Å². The molecule has 0 aromatic heterocycles. The molecule has 1 aromatic rings. The van der Waals surface area contributed by atoms with Gasteiger partial charge in [-0.1, -0.05) is 24.4 Å². The van der Waals surface area contributed by atoms with Crippen molar-refractivity contribution in [2.75, 3.05) is 18.9 Å². The fraction of sp³-hybridized carbons (Fsp3) is 0.467. The summed E-state index contributed by atoms with van der Waals surface area (Å²) in [6.45, 7) is 5.18. The van der Waals surface area contributed by atoms with Crippen molar-refractivity contribution in [2.45, 2.75) is 32.7 Å². The van der Waals surface area contributed by atoms with Crippen LogP contribution < -0.4 is 11.1 Å². The number of rotatable bonds is 7. The van der Waals surface area contributed by atoms with Crippen molar-refractivity contribution in [3.8, 4) is 0 Å². The monoisotopic (exact) mass is 293 g/mol. The van der Waals surface area contributed by atoms with E-state index in [9.17, 15) is 4.79 Å². The van der Waals surface area contributed by atoms with Crippen molar-refractivity contribution < 1.29 is 4.79 Å². The Balaban J connectivity index is 2.49. The summed E-state index contributed by atoms with van der Waals surface area (Å²) < 4.78 is 0. The standard InChI is InChI=1S/C15H23N3OS/c1-11(2)18(3)10-6-9-14(19)17-13-8-5-4-7-12(13)15(16)20/h4-5,7-8,11H,6,9-10H2,1-3H3,(H2,16,20)(H,17,19). The minimum absolute atomic E-state index is 0.00847. The highest BCUT2D eigenvalue weighted by atomic mass is 32.1. The lowest BCUT2D eigenvalue weighted by molar-refractivity contribution is -0.116. The van der Waals surface area contributed by atoms with Crippen LogP contribution in [-0.2, 0) is 4.79 Å². The first-order valence-electron chi connectivity index (χ1n) is 6.80. The first-order chi connectivity index (χ1) is 9.41. The number of nitrogens with two attached hydrogens (primary N) is 1. The lowest BCUT2D eigenvalue weighted by atomic mass is 10.1. The van der Waals surface area contributed by atoms with Crippen molar-refractivity contribution in [3.63, 3.8) is 0 Å². The van der Waals surface area contributed by atoms with Gasteiger partial charge in [0.05, 0.1) is 5.69 Å². The zero-order valence-corrected chi connectivity index (χ0v) is 13.2. The molecule has 110 valence electrons. The van der Waals surface area contributed by atoms with E-state index in [1.807, 2.05) is 24.3 Å². The Morgan fingerprint density at radius 3 is 2.65 bits per heavy atom. The van der Waals surface area contributed by atoms with Gasteiger partial charge in [0.25, 0.3) is 0 Å². The number of anilines is 1. The molecule has 0 heterocycles. The fourth-order valence-corrected chi connectivity index (χ4v) is 1.94. The molecule has 1 amide bonds. The molecule has 1 rings (SSSR count). The second-order valence-corrected chi connectivity index (χ2v) is 5.58. The van der Waals surface area contributed by atoms with E-state index in [1.54, 1.807) is 0 Å². The van der Waals surface area contributed by atoms with Gasteiger partial charge in [0.2, 0.25) is 5.91 Å². The Morgan fingerprint density at radius 1 is 1.40 bits per heavy atom. The molecule has 3 N–H and O–H groups in total. The van der Waals surface area contributed by atoms with Crippen LogP contribution in [0.2, 0.25) is 0 Å². The third-order valence-corrected chi connectivity index (χ3v) is 3.48. The van der Waals surface area contributed by atoms with Crippen LogP contribution >= 0.6 is 12.2 Å². The molecule has 0 fully saturated rings. The maximum absolute atomic E-state index is 11.9. The van der Waals surface area contributed by atoms with E-state index in [2.05, 4.69) is 31.1 Å². The normalized spacial score (nSPS) is 10.8. The predicted molar refractivity (Wildman–Crippen MR) is 88.0 cm³/mol. The van der Waals surface area contributed by atoms with E-state index in [4.69, 9.17) is 18.0 Å². The molecule has 4 nitrogen and oxygen atoms in total. The zero-order chi connectivity index (χ0) is 15.1. The Hall–Kier alpha value is -1.46. The molecule has 0 spiro atoms. The van der Waals surface area contributed by atoms with E-state index in [0.717, 1.165) is 13.0 Å². The second kappa shape index (κ2) is 7.97. The number of hydrogen-bond donors (Lipinski definition) is 2. The van der Waals surface area contributed by atoms with E-state index in [0.29, 0.717) is 28.7 Å². The number of nitrogens with zero attached hydrogens (tertiary/aromatic N) is 1. The highest BCUT2D eigenvalue weighted by molar-refractivity contribution is 7.80. The van der Waals surface area contributed by atoms with Gasteiger partial charge in [-0.2, -0.15) is 0 Å². The number of hydrogen-bond acceptors (Lipinski definition) is 3. The second-order valence-electron chi connectivity index (χ2n) is 5.14. The van der Waals surface area contributed by atoms with Gasteiger partial charge in [-0.3, -0.25) is 4.79 Å². The van der Waals surface area contributed by atoms with Crippen molar-refractivity contribution in [2.24, 2.45) is 5.73 Å². The molecule has 1 aromatic carbocycles. The van der Waals surface area contributed by atoms with Crippen LogP contribution in [0.5, 0.6) is 0 Å². The Labute approximate surface area is 126 Å². The van der Waals surface area contributed by atoms with Crippen LogP contribution in [0.4, 0.5) is 5.69 Å². The van der Waals surface area contributed by atoms with Crippen LogP contribution in [0.1, 0.15) is 32.3 Å². The fourth-order valence-electron chi connectivity index (χ4n) is 1.77. The minimum atomic E-state index is -0.00847. The van der Waals surface area contributed by atoms with E-state index in [1.165, 1.54) is 0 Å². The Bertz CT molecular complexity index is 474. The molecule has 0 unspecified atom stereocenters. The zero-order valence-electron chi connectivity index (χ0n) is 12.3. The Kier molecular flexibility index (Phi) is 6.61. The van der Waals surface area contributed by atoms with Gasteiger partial charge in [0, 0.05) is 18.0 Å². The third-order valence-electron chi connectivity index (χ3n) is 3.26. The van der Waals surface area contributed by atoms with Crippen LogP contribution in [0.15, 0.2) is 24.3 Å². The number of benzene rings is 1. The summed E-state index contributed by atoms with van der Waals surface area (Å²) >= 11 is 4.97. The lowest BCUT2D eigenvalue weighted by Crippen LogP contribution is -2.28. The average Bonchev–Trinajstić information content (AvgIpc) is 2.38. The highest BCUT2D eigenvalue weighted by Gasteiger charge is 2.09. The molecule has 20 heavy (non-hydrogen) atoms. The SMILES string of the molecule is CC(C)N(C)CCCC(=O)Nc1ccccc1C(N)=S. The number of para-hydroxylation sites is 1. The molecule has 0 aliphatic carbocycles. The number of carbonyl (C=O) groups excluding carboxylic acids is 1. The van der Waals surface area contributed by atoms with Crippen molar-refractivity contribution in [1.29, 1.82) is 0 Å². The van der Waals surface area contributed by atoms with Gasteiger partial charge in [-0.25, -0.2) is 0 Å². The molecule has 0 aliphatic rings. The minimum Gasteiger partial charge on any atom is -0.389 e. The predicted octanol–water partition coefficient (Wildman–Crippen LogP) is 2.38. The van der Waals surface area contributed by atoms with Gasteiger partial charge in [0.1, 0.15) is 4.99 Å². The summed E-state index contributed by atoms with van der Waals surface area (Å²) in [4.78, 5) is 14.4. The maximum atomic E-state index is 11.9. The molecular formula is C15H23N3OS. The summed E-state index contributed by atoms with van der Waals surface area (Å²) in [6.07, 6.45) is 1.32. The largest absolute Gasteiger partial charge is 0.389 e. The molecule has 0 saturated carbocycles. The topological polar surface area (TPSA) is 58.4 Å². The smallest absolute Gasteiger partial charge is 0.224 e. The first kappa shape index (κ1) is 16.6. The third kappa shape index (κ3) is 5.27. The van der Waals surface area contributed by atoms with Gasteiger partial charge in [-0.15, -0.1) is 0 Å². The van der Waals surface area contributed by atoms with Crippen LogP contribution in [0.25, 0.3) is 0 Å². The summed E-state index contributed by atoms with van der Waals surface area (Å²) in [7, 11) is 2.06. The van der Waals surface area contributed by atoms with Crippen molar-refractivity contribution in [3.05, 3.63) is 29.8 Å². The molecule has 0 radical (unpaired) electrons. The molecule has 0 atom stereocenters. The maximum Gasteiger partial charge on any atom is 0.224 e. The summed E-state index contributed by atoms with van der Waals surface area (Å²) in [5.41, 5.74) is 7.02. The van der Waals surface area contributed by atoms with Gasteiger partial charge >= 0.3 is 0 Å². The molecular weight excluding hydrogens is 270 g/mol. The summed E-state index contributed by atoms with van der Waals surface area (Å²) in [5.74, 6) is -0.00847. The van der Waals surface area contributed by atoms with E-state index in [-0.39, 0.29) is 5.91 Å². The van der Waals surface area contributed by atoms with Crippen molar-refractivity contribution in [1.82, 2.24) is 4.90 Å². The number of carbonyl (C=O) groups is 1. The lowest BCUT2D eigenvalue weighted by Gasteiger charge is -2.20. The van der Waals surface area contributed by atoms with Gasteiger partial charge in [0.15, 0.2) is 0 Å². The molecule has 0 bridgehead atoms. The van der Waals surface area contributed by atoms with Crippen LogP contribution in [-0.4, -0.2) is 35.4 Å². The average molecular weight is 293 g/mol. The summed E-state index contributed by atoms with van der Waals surface area (Å²) in [6, 6.07) is 7.82. The highest BCUT2D eigenvalue weighted by Crippen LogP contribution is 2.15. The van der Waals surface area contributed by atoms with Gasteiger partial charge < -0.3 is 16.0 Å². The Morgan fingerprint density at radius 2 is 2.05 bits per heavy atom.